The predicted octanol–water partition coefficient (Wildman–Crippen LogP) is 6.43. The highest BCUT2D eigenvalue weighted by Gasteiger charge is 2.48. The minimum Gasteiger partial charge on any atom is -0.488 e. The van der Waals surface area contributed by atoms with E-state index in [2.05, 4.69) is 5.32 Å². The van der Waals surface area contributed by atoms with Crippen LogP contribution in [0.15, 0.2) is 42.5 Å². The number of nitrogens with zero attached hydrogens (tertiary/aromatic N) is 3. The van der Waals surface area contributed by atoms with Crippen molar-refractivity contribution in [1.29, 1.82) is 0 Å². The summed E-state index contributed by atoms with van der Waals surface area (Å²) in [7, 11) is 1.25. The van der Waals surface area contributed by atoms with Crippen LogP contribution in [0.3, 0.4) is 0 Å². The first kappa shape index (κ1) is 29.8. The van der Waals surface area contributed by atoms with Crippen LogP contribution in [0.1, 0.15) is 46.2 Å². The number of benzene rings is 2. The molecule has 0 radical (unpaired) electrons. The lowest BCUT2D eigenvalue weighted by atomic mass is 9.93. The summed E-state index contributed by atoms with van der Waals surface area (Å²) in [5, 5.41) is 3.64. The highest BCUT2D eigenvalue weighted by Crippen LogP contribution is 2.35. The maximum Gasteiger partial charge on any atom is 0.340 e. The SMILES string of the molecule is COC(=O)C(C)(C)CN1C(=O)N(I)C(Nc2ccc(OC(C)C)c(F)c2)N([C@H](C)c2ccc(Cl)cc2)C1=O. The van der Waals surface area contributed by atoms with E-state index in [1.807, 2.05) is 22.9 Å². The second-order valence-corrected chi connectivity index (χ2v) is 11.3. The molecule has 1 fully saturated rings. The fourth-order valence-corrected chi connectivity index (χ4v) is 4.82. The molecule has 12 heteroatoms. The van der Waals surface area contributed by atoms with Gasteiger partial charge >= 0.3 is 18.0 Å². The normalized spacial score (nSPS) is 17.1. The van der Waals surface area contributed by atoms with Crippen LogP contribution < -0.4 is 10.1 Å². The molecule has 3 rings (SSSR count). The molecule has 0 bridgehead atoms. The molecular weight excluding hydrogens is 630 g/mol. The van der Waals surface area contributed by atoms with Gasteiger partial charge in [-0.2, -0.15) is 0 Å². The van der Waals surface area contributed by atoms with Gasteiger partial charge in [-0.05, 0) is 64.4 Å². The van der Waals surface area contributed by atoms with E-state index in [4.69, 9.17) is 21.1 Å². The Morgan fingerprint density at radius 3 is 2.32 bits per heavy atom. The molecule has 0 aliphatic carbocycles. The van der Waals surface area contributed by atoms with Crippen molar-refractivity contribution in [2.75, 3.05) is 19.0 Å². The van der Waals surface area contributed by atoms with Crippen molar-refractivity contribution in [2.45, 2.75) is 53.1 Å². The Morgan fingerprint density at radius 2 is 1.76 bits per heavy atom. The molecule has 0 spiro atoms. The number of carbonyl (C=O) groups is 3. The number of rotatable bonds is 9. The zero-order valence-corrected chi connectivity index (χ0v) is 24.9. The number of hydrogen-bond acceptors (Lipinski definition) is 6. The number of nitrogens with one attached hydrogen (secondary N) is 1. The van der Waals surface area contributed by atoms with E-state index in [0.29, 0.717) is 10.7 Å². The molecule has 1 aliphatic heterocycles. The van der Waals surface area contributed by atoms with Crippen molar-refractivity contribution < 1.29 is 28.2 Å². The molecule has 1 N–H and O–H groups in total. The third-order valence-electron chi connectivity index (χ3n) is 5.99. The van der Waals surface area contributed by atoms with Crippen molar-refractivity contribution >= 4 is 58.2 Å². The quantitative estimate of drug-likeness (QED) is 0.189. The Kier molecular flexibility index (Phi) is 9.34. The van der Waals surface area contributed by atoms with Gasteiger partial charge in [-0.25, -0.2) is 22.0 Å². The van der Waals surface area contributed by atoms with Gasteiger partial charge in [0.25, 0.3) is 0 Å². The van der Waals surface area contributed by atoms with Gasteiger partial charge in [-0.1, -0.05) is 23.7 Å². The van der Waals surface area contributed by atoms with Crippen LogP contribution >= 0.6 is 34.5 Å². The van der Waals surface area contributed by atoms with Crippen LogP contribution in [0.25, 0.3) is 0 Å². The zero-order chi connectivity index (χ0) is 28.4. The number of halogens is 3. The Labute approximate surface area is 240 Å². The van der Waals surface area contributed by atoms with Crippen LogP contribution in [0.2, 0.25) is 5.02 Å². The third-order valence-corrected chi connectivity index (χ3v) is 7.19. The Balaban J connectivity index is 2.01. The molecule has 1 aliphatic rings. The molecule has 2 aromatic carbocycles. The minimum atomic E-state index is -1.15. The second kappa shape index (κ2) is 11.9. The van der Waals surface area contributed by atoms with E-state index < -0.39 is 41.6 Å². The molecule has 206 valence electrons. The zero-order valence-electron chi connectivity index (χ0n) is 22.0. The van der Waals surface area contributed by atoms with E-state index in [1.165, 1.54) is 27.3 Å². The predicted molar refractivity (Wildman–Crippen MR) is 150 cm³/mol. The molecule has 4 amide bonds. The largest absolute Gasteiger partial charge is 0.488 e. The summed E-state index contributed by atoms with van der Waals surface area (Å²) in [5.41, 5.74) is -0.0576. The lowest BCUT2D eigenvalue weighted by molar-refractivity contribution is -0.151. The van der Waals surface area contributed by atoms with Gasteiger partial charge in [0.05, 0.1) is 47.5 Å². The lowest BCUT2D eigenvalue weighted by Gasteiger charge is -2.48. The van der Waals surface area contributed by atoms with E-state index >= 15 is 0 Å². The molecule has 9 nitrogen and oxygen atoms in total. The Bertz CT molecular complexity index is 1200. The van der Waals surface area contributed by atoms with Crippen molar-refractivity contribution in [3.05, 3.63) is 58.9 Å². The van der Waals surface area contributed by atoms with E-state index in [9.17, 15) is 18.8 Å². The van der Waals surface area contributed by atoms with E-state index in [-0.39, 0.29) is 18.4 Å². The summed E-state index contributed by atoms with van der Waals surface area (Å²) in [6, 6.07) is 9.52. The maximum atomic E-state index is 14.7. The van der Waals surface area contributed by atoms with Crippen molar-refractivity contribution in [1.82, 2.24) is 12.9 Å². The third kappa shape index (κ3) is 6.42. The Hall–Kier alpha value is -2.80. The van der Waals surface area contributed by atoms with Gasteiger partial charge < -0.3 is 14.8 Å². The molecule has 2 atom stereocenters. The monoisotopic (exact) mass is 660 g/mol. The molecule has 38 heavy (non-hydrogen) atoms. The summed E-state index contributed by atoms with van der Waals surface area (Å²) in [6.07, 6.45) is -1.20. The first-order valence-corrected chi connectivity index (χ1v) is 13.3. The highest BCUT2D eigenvalue weighted by atomic mass is 127. The van der Waals surface area contributed by atoms with Crippen LogP contribution in [0.4, 0.5) is 19.7 Å². The fraction of sp³-hybridized carbons (Fsp3) is 0.423. The number of amides is 4. The van der Waals surface area contributed by atoms with Crippen LogP contribution in [0.5, 0.6) is 5.75 Å². The van der Waals surface area contributed by atoms with E-state index in [0.717, 1.165) is 10.5 Å². The van der Waals surface area contributed by atoms with Crippen molar-refractivity contribution in [2.24, 2.45) is 5.41 Å². The van der Waals surface area contributed by atoms with Gasteiger partial charge in [0.1, 0.15) is 0 Å². The molecule has 1 heterocycles. The molecule has 0 saturated carbocycles. The summed E-state index contributed by atoms with van der Waals surface area (Å²) in [6.45, 7) is 8.38. The second-order valence-electron chi connectivity index (χ2n) is 9.80. The first-order valence-electron chi connectivity index (χ1n) is 11.9. The van der Waals surface area contributed by atoms with Gasteiger partial charge in [0.2, 0.25) is 0 Å². The van der Waals surface area contributed by atoms with Crippen molar-refractivity contribution in [3.63, 3.8) is 0 Å². The van der Waals surface area contributed by atoms with Crippen LogP contribution in [0, 0.1) is 11.2 Å². The summed E-state index contributed by atoms with van der Waals surface area (Å²) in [4.78, 5) is 42.1. The number of methoxy groups -OCH3 is 1. The average molecular weight is 661 g/mol. The average Bonchev–Trinajstić information content (AvgIpc) is 2.86. The minimum absolute atomic E-state index is 0.0929. The van der Waals surface area contributed by atoms with Gasteiger partial charge in [0, 0.05) is 23.3 Å². The maximum absolute atomic E-state index is 14.7. The molecule has 1 saturated heterocycles. The molecular formula is C26H31ClFIN4O5. The van der Waals surface area contributed by atoms with Crippen LogP contribution in [-0.4, -0.2) is 57.0 Å². The van der Waals surface area contributed by atoms with Gasteiger partial charge in [0.15, 0.2) is 17.9 Å². The number of ether oxygens (including phenoxy) is 2. The number of urea groups is 2. The van der Waals surface area contributed by atoms with E-state index in [1.54, 1.807) is 65.0 Å². The number of anilines is 1. The first-order chi connectivity index (χ1) is 17.8. The molecule has 0 aromatic heterocycles. The number of imide groups is 1. The fourth-order valence-electron chi connectivity index (χ4n) is 4.02. The van der Waals surface area contributed by atoms with Crippen molar-refractivity contribution in [3.8, 4) is 5.75 Å². The number of hydrogen-bond donors (Lipinski definition) is 1. The lowest BCUT2D eigenvalue weighted by Crippen LogP contribution is -2.67. The van der Waals surface area contributed by atoms with Gasteiger partial charge in [-0.15, -0.1) is 0 Å². The topological polar surface area (TPSA) is 91.4 Å². The summed E-state index contributed by atoms with van der Waals surface area (Å²) < 4.78 is 26.4. The van der Waals surface area contributed by atoms with Crippen LogP contribution in [-0.2, 0) is 9.53 Å². The molecule has 2 aromatic rings. The standard InChI is InChI=1S/C26H31ClFIN4O5/c1-15(2)38-21-12-11-19(13-20(21)28)30-23-32(16(3)17-7-9-18(27)10-8-17)24(35)31(25(36)33(23)29)14-26(4,5)22(34)37-6/h7-13,15-16,23,30H,14H2,1-6H3/t16-,23?/m1/s1. The summed E-state index contributed by atoms with van der Waals surface area (Å²) >= 11 is 7.87. The Morgan fingerprint density at radius 1 is 1.13 bits per heavy atom. The number of carbonyl (C=O) groups excluding carboxylic acids is 3. The smallest absolute Gasteiger partial charge is 0.340 e. The number of esters is 1. The van der Waals surface area contributed by atoms with Gasteiger partial charge in [-0.3, -0.25) is 9.69 Å². The highest BCUT2D eigenvalue weighted by molar-refractivity contribution is 14.1. The molecule has 1 unspecified atom stereocenters. The summed E-state index contributed by atoms with van der Waals surface area (Å²) in [5.74, 6) is -1.05.